The first-order valence-corrected chi connectivity index (χ1v) is 8.63. The van der Waals surface area contributed by atoms with Gasteiger partial charge in [-0.2, -0.15) is 0 Å². The number of rotatable bonds is 7. The minimum absolute atomic E-state index is 0.0882. The van der Waals surface area contributed by atoms with E-state index < -0.39 is 0 Å². The fraction of sp³-hybridized carbons (Fsp3) is 0.688. The Morgan fingerprint density at radius 1 is 1.15 bits per heavy atom. The molecule has 0 fully saturated rings. The second kappa shape index (κ2) is 8.42. The van der Waals surface area contributed by atoms with Gasteiger partial charge in [0.15, 0.2) is 0 Å². The van der Waals surface area contributed by atoms with Gasteiger partial charge in [0.05, 0.1) is 4.88 Å². The third kappa shape index (κ3) is 4.60. The highest BCUT2D eigenvalue weighted by Crippen LogP contribution is 2.28. The molecular formula is C16H25NO2S. The minimum atomic E-state index is 0.0882. The zero-order valence-corrected chi connectivity index (χ0v) is 12.9. The van der Waals surface area contributed by atoms with Crippen molar-refractivity contribution in [3.8, 4) is 0 Å². The van der Waals surface area contributed by atoms with Crippen molar-refractivity contribution in [2.75, 3.05) is 13.2 Å². The van der Waals surface area contributed by atoms with Gasteiger partial charge >= 0.3 is 0 Å². The number of carbonyl (C=O) groups excluding carboxylic acids is 1. The number of hydrogen-bond donors (Lipinski definition) is 2. The van der Waals surface area contributed by atoms with E-state index >= 15 is 0 Å². The normalized spacial score (nSPS) is 14.7. The van der Waals surface area contributed by atoms with Crippen LogP contribution in [-0.4, -0.2) is 24.2 Å². The van der Waals surface area contributed by atoms with E-state index in [2.05, 4.69) is 11.4 Å². The van der Waals surface area contributed by atoms with E-state index in [4.69, 9.17) is 5.11 Å². The molecule has 1 aliphatic rings. The van der Waals surface area contributed by atoms with Gasteiger partial charge in [-0.15, -0.1) is 11.3 Å². The van der Waals surface area contributed by atoms with Crippen LogP contribution in [0.5, 0.6) is 0 Å². The molecule has 20 heavy (non-hydrogen) atoms. The predicted octanol–water partition coefficient (Wildman–Crippen LogP) is 3.30. The maximum absolute atomic E-state index is 12.1. The molecule has 0 saturated heterocycles. The molecule has 1 aromatic heterocycles. The topological polar surface area (TPSA) is 49.3 Å². The summed E-state index contributed by atoms with van der Waals surface area (Å²) in [6, 6.07) is 2.10. The molecule has 0 aliphatic heterocycles. The van der Waals surface area contributed by atoms with Crippen LogP contribution in [0.25, 0.3) is 0 Å². The van der Waals surface area contributed by atoms with Crippen LogP contribution in [-0.2, 0) is 12.8 Å². The summed E-state index contributed by atoms with van der Waals surface area (Å²) < 4.78 is 0. The number of thiophene rings is 1. The number of aliphatic hydroxyl groups is 1. The van der Waals surface area contributed by atoms with E-state index in [0.717, 1.165) is 49.9 Å². The average Bonchev–Trinajstić information content (AvgIpc) is 2.74. The van der Waals surface area contributed by atoms with Gasteiger partial charge in [-0.05, 0) is 50.2 Å². The minimum Gasteiger partial charge on any atom is -0.396 e. The highest BCUT2D eigenvalue weighted by molar-refractivity contribution is 7.14. The van der Waals surface area contributed by atoms with Crippen LogP contribution in [0, 0.1) is 0 Å². The number of hydrogen-bond acceptors (Lipinski definition) is 3. The van der Waals surface area contributed by atoms with Gasteiger partial charge < -0.3 is 10.4 Å². The van der Waals surface area contributed by atoms with E-state index in [1.54, 1.807) is 11.3 Å². The Labute approximate surface area is 125 Å². The Morgan fingerprint density at radius 2 is 1.95 bits per heavy atom. The second-order valence-corrected chi connectivity index (χ2v) is 6.65. The van der Waals surface area contributed by atoms with Crippen molar-refractivity contribution in [1.29, 1.82) is 0 Å². The third-order valence-corrected chi connectivity index (χ3v) is 5.08. The van der Waals surface area contributed by atoms with Crippen LogP contribution >= 0.6 is 11.3 Å². The lowest BCUT2D eigenvalue weighted by molar-refractivity contribution is 0.0957. The van der Waals surface area contributed by atoms with E-state index in [9.17, 15) is 4.79 Å². The molecule has 0 atom stereocenters. The van der Waals surface area contributed by atoms with E-state index in [1.807, 2.05) is 0 Å². The van der Waals surface area contributed by atoms with Crippen LogP contribution in [0.1, 0.15) is 65.1 Å². The maximum atomic E-state index is 12.1. The molecule has 3 nitrogen and oxygen atoms in total. The molecule has 2 N–H and O–H groups in total. The molecule has 1 amide bonds. The van der Waals surface area contributed by atoms with Crippen molar-refractivity contribution in [2.45, 2.75) is 57.8 Å². The fourth-order valence-corrected chi connectivity index (χ4v) is 3.83. The van der Waals surface area contributed by atoms with Crippen molar-refractivity contribution in [2.24, 2.45) is 0 Å². The molecule has 1 aromatic rings. The molecule has 0 radical (unpaired) electrons. The SMILES string of the molecule is O=C(NCCCCCCO)c1cc2c(s1)CCCCC2. The summed E-state index contributed by atoms with van der Waals surface area (Å²) in [6.45, 7) is 1.01. The Balaban J connectivity index is 1.75. The quantitative estimate of drug-likeness (QED) is 0.599. The van der Waals surface area contributed by atoms with Crippen LogP contribution in [0.3, 0.4) is 0 Å². The molecule has 0 saturated carbocycles. The molecule has 0 spiro atoms. The molecule has 0 bridgehead atoms. The van der Waals surface area contributed by atoms with Crippen molar-refractivity contribution in [1.82, 2.24) is 5.32 Å². The summed E-state index contributed by atoms with van der Waals surface area (Å²) in [5.41, 5.74) is 1.40. The first kappa shape index (κ1) is 15.5. The number of fused-ring (bicyclic) bond motifs is 1. The average molecular weight is 295 g/mol. The van der Waals surface area contributed by atoms with E-state index in [0.29, 0.717) is 0 Å². The molecule has 1 aliphatic carbocycles. The molecule has 4 heteroatoms. The van der Waals surface area contributed by atoms with E-state index in [1.165, 1.54) is 29.7 Å². The number of carbonyl (C=O) groups is 1. The first-order valence-electron chi connectivity index (χ1n) is 7.82. The van der Waals surface area contributed by atoms with Gasteiger partial charge in [0.1, 0.15) is 0 Å². The molecule has 0 unspecified atom stereocenters. The largest absolute Gasteiger partial charge is 0.396 e. The number of nitrogens with one attached hydrogen (secondary N) is 1. The predicted molar refractivity (Wildman–Crippen MR) is 83.5 cm³/mol. The number of unbranched alkanes of at least 4 members (excludes halogenated alkanes) is 3. The number of aryl methyl sites for hydroxylation is 2. The lowest BCUT2D eigenvalue weighted by atomic mass is 10.1. The van der Waals surface area contributed by atoms with Crippen LogP contribution in [0.4, 0.5) is 0 Å². The Morgan fingerprint density at radius 3 is 2.80 bits per heavy atom. The smallest absolute Gasteiger partial charge is 0.261 e. The highest BCUT2D eigenvalue weighted by atomic mass is 32.1. The highest BCUT2D eigenvalue weighted by Gasteiger charge is 2.15. The maximum Gasteiger partial charge on any atom is 0.261 e. The van der Waals surface area contributed by atoms with Crippen LogP contribution in [0.2, 0.25) is 0 Å². The molecule has 112 valence electrons. The van der Waals surface area contributed by atoms with Crippen molar-refractivity contribution in [3.63, 3.8) is 0 Å². The van der Waals surface area contributed by atoms with Gasteiger partial charge in [0.25, 0.3) is 5.91 Å². The Bertz CT molecular complexity index is 405. The van der Waals surface area contributed by atoms with Gasteiger partial charge in [-0.25, -0.2) is 0 Å². The zero-order chi connectivity index (χ0) is 14.2. The van der Waals surface area contributed by atoms with Crippen LogP contribution < -0.4 is 5.32 Å². The number of amides is 1. The number of aliphatic hydroxyl groups excluding tert-OH is 1. The van der Waals surface area contributed by atoms with E-state index in [-0.39, 0.29) is 12.5 Å². The Hall–Kier alpha value is -0.870. The molecule has 0 aromatic carbocycles. The van der Waals surface area contributed by atoms with Gasteiger partial charge in [-0.1, -0.05) is 19.3 Å². The van der Waals surface area contributed by atoms with Gasteiger partial charge in [-0.3, -0.25) is 4.79 Å². The standard InChI is InChI=1S/C16H25NO2S/c18-11-7-2-1-6-10-17-16(19)15-12-13-8-4-3-5-9-14(13)20-15/h12,18H,1-11H2,(H,17,19). The van der Waals surface area contributed by atoms with Crippen molar-refractivity contribution < 1.29 is 9.90 Å². The fourth-order valence-electron chi connectivity index (χ4n) is 2.66. The molecule has 2 rings (SSSR count). The second-order valence-electron chi connectivity index (χ2n) is 5.51. The first-order chi connectivity index (χ1) is 9.81. The van der Waals surface area contributed by atoms with Crippen molar-refractivity contribution in [3.05, 3.63) is 21.4 Å². The van der Waals surface area contributed by atoms with Crippen molar-refractivity contribution >= 4 is 17.2 Å². The summed E-state index contributed by atoms with van der Waals surface area (Å²) in [4.78, 5) is 14.4. The van der Waals surface area contributed by atoms with Gasteiger partial charge in [0.2, 0.25) is 0 Å². The summed E-state index contributed by atoms with van der Waals surface area (Å²) in [5, 5.41) is 11.7. The lowest BCUT2D eigenvalue weighted by Gasteiger charge is -2.03. The van der Waals surface area contributed by atoms with Gasteiger partial charge in [0, 0.05) is 18.0 Å². The summed E-state index contributed by atoms with van der Waals surface area (Å²) in [6.07, 6.45) is 10.1. The summed E-state index contributed by atoms with van der Waals surface area (Å²) in [7, 11) is 0. The Kier molecular flexibility index (Phi) is 6.54. The van der Waals surface area contributed by atoms with Crippen LogP contribution in [0.15, 0.2) is 6.07 Å². The molecule has 1 heterocycles. The third-order valence-electron chi connectivity index (χ3n) is 3.84. The summed E-state index contributed by atoms with van der Waals surface area (Å²) >= 11 is 1.68. The monoisotopic (exact) mass is 295 g/mol. The lowest BCUT2D eigenvalue weighted by Crippen LogP contribution is -2.23. The summed E-state index contributed by atoms with van der Waals surface area (Å²) in [5.74, 6) is 0.0882. The molecular weight excluding hydrogens is 270 g/mol. The zero-order valence-electron chi connectivity index (χ0n) is 12.1.